The molecular weight excluding hydrogens is 252 g/mol. The largest absolute Gasteiger partial charge is 0.369 e. The maximum atomic E-state index is 5.72. The summed E-state index contributed by atoms with van der Waals surface area (Å²) in [5.74, 6) is 2.25. The average Bonchev–Trinajstić information content (AvgIpc) is 2.72. The van der Waals surface area contributed by atoms with E-state index in [4.69, 9.17) is 5.73 Å². The lowest BCUT2D eigenvalue weighted by Crippen LogP contribution is -2.07. The van der Waals surface area contributed by atoms with Crippen molar-refractivity contribution >= 4 is 45.1 Å². The fraction of sp³-hybridized carbons (Fsp3) is 0.455. The number of nitrogens with zero attached hydrogens (tertiary/aromatic N) is 2. The SMILES string of the molecule is CCc1cc2c(NCCSC)nc(N)nc2s1. The predicted molar refractivity (Wildman–Crippen MR) is 78.1 cm³/mol. The molecule has 0 radical (unpaired) electrons. The van der Waals surface area contributed by atoms with Gasteiger partial charge in [0, 0.05) is 17.2 Å². The van der Waals surface area contributed by atoms with Gasteiger partial charge in [0.05, 0.1) is 5.39 Å². The molecule has 0 bridgehead atoms. The Hall–Kier alpha value is -1.01. The normalized spacial score (nSPS) is 10.9. The summed E-state index contributed by atoms with van der Waals surface area (Å²) in [7, 11) is 0. The Kier molecular flexibility index (Phi) is 4.06. The summed E-state index contributed by atoms with van der Waals surface area (Å²) < 4.78 is 0. The molecule has 2 heterocycles. The van der Waals surface area contributed by atoms with Crippen LogP contribution in [0.4, 0.5) is 11.8 Å². The number of aromatic nitrogens is 2. The number of hydrogen-bond donors (Lipinski definition) is 2. The van der Waals surface area contributed by atoms with Crippen LogP contribution in [0.5, 0.6) is 0 Å². The Labute approximate surface area is 109 Å². The summed E-state index contributed by atoms with van der Waals surface area (Å²) in [4.78, 5) is 10.8. The van der Waals surface area contributed by atoms with E-state index in [1.807, 2.05) is 0 Å². The molecule has 0 saturated carbocycles. The number of hydrogen-bond acceptors (Lipinski definition) is 6. The van der Waals surface area contributed by atoms with Crippen LogP contribution in [-0.2, 0) is 6.42 Å². The van der Waals surface area contributed by atoms with Gasteiger partial charge in [-0.3, -0.25) is 0 Å². The molecule has 0 aliphatic rings. The maximum absolute atomic E-state index is 5.72. The predicted octanol–water partition coefficient (Wildman–Crippen LogP) is 2.61. The van der Waals surface area contributed by atoms with Crippen molar-refractivity contribution in [2.45, 2.75) is 13.3 Å². The number of aryl methyl sites for hydroxylation is 1. The Bertz CT molecular complexity index is 509. The van der Waals surface area contributed by atoms with Gasteiger partial charge in [-0.15, -0.1) is 11.3 Å². The van der Waals surface area contributed by atoms with Crippen LogP contribution in [-0.4, -0.2) is 28.5 Å². The van der Waals surface area contributed by atoms with E-state index in [2.05, 4.69) is 34.5 Å². The third kappa shape index (κ3) is 2.81. The highest BCUT2D eigenvalue weighted by molar-refractivity contribution is 7.98. The van der Waals surface area contributed by atoms with E-state index < -0.39 is 0 Å². The number of nitrogens with two attached hydrogens (primary N) is 1. The maximum Gasteiger partial charge on any atom is 0.223 e. The van der Waals surface area contributed by atoms with Crippen LogP contribution in [0, 0.1) is 0 Å². The minimum Gasteiger partial charge on any atom is -0.369 e. The van der Waals surface area contributed by atoms with Crippen molar-refractivity contribution in [1.29, 1.82) is 0 Å². The van der Waals surface area contributed by atoms with Crippen molar-refractivity contribution in [3.05, 3.63) is 10.9 Å². The van der Waals surface area contributed by atoms with E-state index in [0.29, 0.717) is 5.95 Å². The Morgan fingerprint density at radius 1 is 1.47 bits per heavy atom. The lowest BCUT2D eigenvalue weighted by atomic mass is 10.3. The average molecular weight is 268 g/mol. The van der Waals surface area contributed by atoms with Crippen molar-refractivity contribution in [2.75, 3.05) is 29.6 Å². The van der Waals surface area contributed by atoms with Gasteiger partial charge in [-0.1, -0.05) is 6.92 Å². The molecule has 0 fully saturated rings. The van der Waals surface area contributed by atoms with Gasteiger partial charge in [0.2, 0.25) is 5.95 Å². The second-order valence-electron chi connectivity index (χ2n) is 3.64. The van der Waals surface area contributed by atoms with Crippen LogP contribution in [0.15, 0.2) is 6.07 Å². The zero-order valence-electron chi connectivity index (χ0n) is 9.99. The first kappa shape index (κ1) is 12.4. The van der Waals surface area contributed by atoms with Crippen LogP contribution in [0.2, 0.25) is 0 Å². The molecular formula is C11H16N4S2. The smallest absolute Gasteiger partial charge is 0.223 e. The van der Waals surface area contributed by atoms with Gasteiger partial charge in [-0.25, -0.2) is 4.98 Å². The third-order valence-corrected chi connectivity index (χ3v) is 4.19. The Morgan fingerprint density at radius 3 is 3.00 bits per heavy atom. The van der Waals surface area contributed by atoms with E-state index >= 15 is 0 Å². The minimum absolute atomic E-state index is 0.341. The molecule has 3 N–H and O–H groups in total. The van der Waals surface area contributed by atoms with Crippen molar-refractivity contribution in [1.82, 2.24) is 9.97 Å². The van der Waals surface area contributed by atoms with Gasteiger partial charge in [0.15, 0.2) is 0 Å². The quantitative estimate of drug-likeness (QED) is 0.816. The zero-order chi connectivity index (χ0) is 12.3. The lowest BCUT2D eigenvalue weighted by Gasteiger charge is -2.05. The van der Waals surface area contributed by atoms with Gasteiger partial charge in [-0.05, 0) is 18.7 Å². The summed E-state index contributed by atoms with van der Waals surface area (Å²) in [6.07, 6.45) is 3.11. The van der Waals surface area contributed by atoms with Gasteiger partial charge in [0.25, 0.3) is 0 Å². The van der Waals surface area contributed by atoms with E-state index in [1.54, 1.807) is 23.1 Å². The highest BCUT2D eigenvalue weighted by atomic mass is 32.2. The Balaban J connectivity index is 2.34. The number of nitrogen functional groups attached to an aromatic ring is 1. The van der Waals surface area contributed by atoms with E-state index in [1.165, 1.54) is 4.88 Å². The fourth-order valence-electron chi connectivity index (χ4n) is 1.57. The summed E-state index contributed by atoms with van der Waals surface area (Å²) in [6.45, 7) is 3.03. The molecule has 6 heteroatoms. The van der Waals surface area contributed by atoms with Crippen molar-refractivity contribution < 1.29 is 0 Å². The standard InChI is InChI=1S/C11H16N4S2/c1-3-7-6-8-9(13-4-5-16-2)14-11(12)15-10(8)17-7/h6H,3-5H2,1-2H3,(H3,12,13,14,15). The molecule has 0 spiro atoms. The van der Waals surface area contributed by atoms with Crippen LogP contribution in [0.1, 0.15) is 11.8 Å². The molecule has 0 amide bonds. The van der Waals surface area contributed by atoms with Gasteiger partial charge >= 0.3 is 0 Å². The second-order valence-corrected chi connectivity index (χ2v) is 5.74. The van der Waals surface area contributed by atoms with Gasteiger partial charge in [0.1, 0.15) is 10.6 Å². The van der Waals surface area contributed by atoms with Gasteiger partial charge in [-0.2, -0.15) is 16.7 Å². The van der Waals surface area contributed by atoms with E-state index in [0.717, 1.165) is 34.8 Å². The molecule has 0 atom stereocenters. The highest BCUT2D eigenvalue weighted by Crippen LogP contribution is 2.29. The fourth-order valence-corrected chi connectivity index (χ4v) is 2.85. The number of rotatable bonds is 5. The molecule has 0 unspecified atom stereocenters. The summed E-state index contributed by atoms with van der Waals surface area (Å²) >= 11 is 3.49. The van der Waals surface area contributed by atoms with Crippen molar-refractivity contribution in [2.24, 2.45) is 0 Å². The first-order chi connectivity index (χ1) is 8.24. The molecule has 0 aliphatic carbocycles. The molecule has 2 rings (SSSR count). The summed E-state index contributed by atoms with van der Waals surface area (Å²) in [6, 6.07) is 2.15. The lowest BCUT2D eigenvalue weighted by molar-refractivity contribution is 1.16. The molecule has 2 aromatic heterocycles. The van der Waals surface area contributed by atoms with Gasteiger partial charge < -0.3 is 11.1 Å². The van der Waals surface area contributed by atoms with E-state index in [9.17, 15) is 0 Å². The number of thioether (sulfide) groups is 1. The molecule has 0 aromatic carbocycles. The molecule has 0 aliphatic heterocycles. The Morgan fingerprint density at radius 2 is 2.29 bits per heavy atom. The summed E-state index contributed by atoms with van der Waals surface area (Å²) in [5.41, 5.74) is 5.72. The van der Waals surface area contributed by atoms with Crippen molar-refractivity contribution in [3.63, 3.8) is 0 Å². The number of nitrogens with one attached hydrogen (secondary N) is 1. The monoisotopic (exact) mass is 268 g/mol. The van der Waals surface area contributed by atoms with Crippen molar-refractivity contribution in [3.8, 4) is 0 Å². The molecule has 2 aromatic rings. The van der Waals surface area contributed by atoms with E-state index in [-0.39, 0.29) is 0 Å². The minimum atomic E-state index is 0.341. The zero-order valence-corrected chi connectivity index (χ0v) is 11.6. The number of fused-ring (bicyclic) bond motifs is 1. The molecule has 4 nitrogen and oxygen atoms in total. The topological polar surface area (TPSA) is 63.8 Å². The highest BCUT2D eigenvalue weighted by Gasteiger charge is 2.09. The second kappa shape index (κ2) is 5.55. The summed E-state index contributed by atoms with van der Waals surface area (Å²) in [5, 5.41) is 4.41. The first-order valence-electron chi connectivity index (χ1n) is 5.53. The third-order valence-electron chi connectivity index (χ3n) is 2.41. The van der Waals surface area contributed by atoms with Crippen LogP contribution >= 0.6 is 23.1 Å². The number of thiophene rings is 1. The van der Waals surface area contributed by atoms with Crippen LogP contribution in [0.25, 0.3) is 10.2 Å². The molecule has 0 saturated heterocycles. The van der Waals surface area contributed by atoms with Crippen LogP contribution in [0.3, 0.4) is 0 Å². The van der Waals surface area contributed by atoms with Crippen LogP contribution < -0.4 is 11.1 Å². The first-order valence-corrected chi connectivity index (χ1v) is 7.74. The molecule has 17 heavy (non-hydrogen) atoms. The molecule has 92 valence electrons. The number of anilines is 2.